The molecule has 0 radical (unpaired) electrons. The molecule has 1 aromatic rings. The van der Waals surface area contributed by atoms with E-state index in [0.29, 0.717) is 6.54 Å². The highest BCUT2D eigenvalue weighted by molar-refractivity contribution is 14.0. The van der Waals surface area contributed by atoms with Crippen LogP contribution in [-0.2, 0) is 0 Å². The molecule has 0 bridgehead atoms. The minimum Gasteiger partial charge on any atom is -0.357 e. The van der Waals surface area contributed by atoms with Crippen molar-refractivity contribution < 1.29 is 4.39 Å². The van der Waals surface area contributed by atoms with Crippen LogP contribution < -0.4 is 10.6 Å². The number of likely N-dealkylation sites (N-methyl/N-ethyl adjacent to an activating group) is 1. The molecule has 0 heterocycles. The van der Waals surface area contributed by atoms with Crippen molar-refractivity contribution in [3.05, 3.63) is 35.6 Å². The van der Waals surface area contributed by atoms with Crippen molar-refractivity contribution in [3.63, 3.8) is 0 Å². The summed E-state index contributed by atoms with van der Waals surface area (Å²) < 4.78 is 13.5. The van der Waals surface area contributed by atoms with Crippen LogP contribution in [0, 0.1) is 5.82 Å². The van der Waals surface area contributed by atoms with Crippen molar-refractivity contribution >= 4 is 29.9 Å². The van der Waals surface area contributed by atoms with E-state index in [1.54, 1.807) is 12.1 Å². The van der Waals surface area contributed by atoms with E-state index < -0.39 is 0 Å². The molecule has 1 atom stereocenters. The van der Waals surface area contributed by atoms with Crippen LogP contribution in [0.25, 0.3) is 0 Å². The van der Waals surface area contributed by atoms with Gasteiger partial charge in [-0.1, -0.05) is 12.1 Å². The quantitative estimate of drug-likeness (QED) is 0.422. The molecule has 2 N–H and O–H groups in total. The van der Waals surface area contributed by atoms with Crippen molar-refractivity contribution in [2.24, 2.45) is 4.99 Å². The number of hydrogen-bond acceptors (Lipinski definition) is 2. The Morgan fingerprint density at radius 1 is 1.30 bits per heavy atom. The molecule has 1 rings (SSSR count). The van der Waals surface area contributed by atoms with Crippen LogP contribution in [0.1, 0.15) is 39.3 Å². The van der Waals surface area contributed by atoms with E-state index in [1.807, 2.05) is 27.1 Å². The average Bonchev–Trinajstić information content (AvgIpc) is 2.37. The van der Waals surface area contributed by atoms with Gasteiger partial charge in [-0.05, 0) is 59.5 Å². The Balaban J connectivity index is 0.00000484. The maximum absolute atomic E-state index is 13.5. The Hall–Kier alpha value is -0.890. The molecule has 132 valence electrons. The van der Waals surface area contributed by atoms with Gasteiger partial charge in [-0.3, -0.25) is 4.99 Å². The Labute approximate surface area is 157 Å². The molecule has 4 nitrogen and oxygen atoms in total. The highest BCUT2D eigenvalue weighted by Crippen LogP contribution is 2.19. The lowest BCUT2D eigenvalue weighted by Gasteiger charge is -2.26. The van der Waals surface area contributed by atoms with Crippen LogP contribution in [-0.4, -0.2) is 43.6 Å². The van der Waals surface area contributed by atoms with Crippen LogP contribution in [0.2, 0.25) is 0 Å². The monoisotopic (exact) mass is 436 g/mol. The van der Waals surface area contributed by atoms with E-state index in [1.165, 1.54) is 6.07 Å². The molecule has 0 saturated heterocycles. The highest BCUT2D eigenvalue weighted by Gasteiger charge is 2.16. The van der Waals surface area contributed by atoms with Crippen LogP contribution in [0.3, 0.4) is 0 Å². The molecule has 0 aliphatic carbocycles. The first kappa shape index (κ1) is 22.1. The Morgan fingerprint density at radius 2 is 1.96 bits per heavy atom. The van der Waals surface area contributed by atoms with Gasteiger partial charge in [0.1, 0.15) is 5.82 Å². The predicted octanol–water partition coefficient (Wildman–Crippen LogP) is 3.40. The first-order valence-corrected chi connectivity index (χ1v) is 7.71. The summed E-state index contributed by atoms with van der Waals surface area (Å²) in [6, 6.07) is 6.75. The third-order valence-electron chi connectivity index (χ3n) is 3.12. The maximum Gasteiger partial charge on any atom is 0.191 e. The summed E-state index contributed by atoms with van der Waals surface area (Å²) in [5.41, 5.74) is 0.869. The van der Waals surface area contributed by atoms with Crippen molar-refractivity contribution in [1.29, 1.82) is 0 Å². The zero-order valence-corrected chi connectivity index (χ0v) is 17.3. The standard InChI is InChI=1S/C17H29FN4.HI/c1-7-19-16(21-17(2,3)4)20-12-15(22(5)6)13-9-8-10-14(18)11-13;/h8-11,15H,7,12H2,1-6H3,(H2,19,20,21);1H. The largest absolute Gasteiger partial charge is 0.357 e. The van der Waals surface area contributed by atoms with Crippen molar-refractivity contribution in [1.82, 2.24) is 15.5 Å². The number of guanidine groups is 1. The van der Waals surface area contributed by atoms with Gasteiger partial charge in [0.15, 0.2) is 5.96 Å². The van der Waals surface area contributed by atoms with Gasteiger partial charge in [-0.2, -0.15) is 0 Å². The molecule has 0 spiro atoms. The first-order valence-electron chi connectivity index (χ1n) is 7.71. The number of halogens is 2. The fourth-order valence-electron chi connectivity index (χ4n) is 2.12. The van der Waals surface area contributed by atoms with Gasteiger partial charge in [-0.15, -0.1) is 24.0 Å². The summed E-state index contributed by atoms with van der Waals surface area (Å²) in [6.07, 6.45) is 0. The molecule has 6 heteroatoms. The summed E-state index contributed by atoms with van der Waals surface area (Å²) in [6.45, 7) is 9.67. The van der Waals surface area contributed by atoms with Gasteiger partial charge < -0.3 is 15.5 Å². The Bertz CT molecular complexity index is 498. The minimum absolute atomic E-state index is 0. The van der Waals surface area contributed by atoms with E-state index in [4.69, 9.17) is 0 Å². The van der Waals surface area contributed by atoms with Crippen LogP contribution in [0.4, 0.5) is 4.39 Å². The SMILES string of the molecule is CCNC(=NCC(c1cccc(F)c1)N(C)C)NC(C)(C)C.I. The van der Waals surface area contributed by atoms with Gasteiger partial charge in [0.05, 0.1) is 12.6 Å². The number of nitrogens with one attached hydrogen (secondary N) is 2. The lowest BCUT2D eigenvalue weighted by molar-refractivity contribution is 0.305. The second-order valence-electron chi connectivity index (χ2n) is 6.63. The van der Waals surface area contributed by atoms with Crippen LogP contribution in [0.5, 0.6) is 0 Å². The van der Waals surface area contributed by atoms with Crippen LogP contribution >= 0.6 is 24.0 Å². The van der Waals surface area contributed by atoms with Crippen molar-refractivity contribution in [2.45, 2.75) is 39.3 Å². The zero-order chi connectivity index (χ0) is 16.8. The molecule has 0 aliphatic rings. The topological polar surface area (TPSA) is 39.7 Å². The van der Waals surface area contributed by atoms with Gasteiger partial charge in [-0.25, -0.2) is 4.39 Å². The fraction of sp³-hybridized carbons (Fsp3) is 0.588. The molecule has 0 fully saturated rings. The lowest BCUT2D eigenvalue weighted by atomic mass is 10.1. The van der Waals surface area contributed by atoms with Gasteiger partial charge in [0, 0.05) is 12.1 Å². The number of aliphatic imine (C=N–C) groups is 1. The molecule has 0 amide bonds. The summed E-state index contributed by atoms with van der Waals surface area (Å²) in [5, 5.41) is 6.60. The van der Waals surface area contributed by atoms with E-state index in [0.717, 1.165) is 18.1 Å². The molecule has 23 heavy (non-hydrogen) atoms. The third-order valence-corrected chi connectivity index (χ3v) is 3.12. The summed E-state index contributed by atoms with van der Waals surface area (Å²) >= 11 is 0. The third kappa shape index (κ3) is 8.50. The van der Waals surface area contributed by atoms with Gasteiger partial charge in [0.25, 0.3) is 0 Å². The molecule has 0 aromatic heterocycles. The molecule has 0 aliphatic heterocycles. The molecule has 1 aromatic carbocycles. The lowest BCUT2D eigenvalue weighted by Crippen LogP contribution is -2.47. The molecular weight excluding hydrogens is 406 g/mol. The first-order chi connectivity index (χ1) is 10.2. The number of benzene rings is 1. The summed E-state index contributed by atoms with van der Waals surface area (Å²) in [7, 11) is 3.96. The fourth-order valence-corrected chi connectivity index (χ4v) is 2.12. The summed E-state index contributed by atoms with van der Waals surface area (Å²) in [4.78, 5) is 6.71. The zero-order valence-electron chi connectivity index (χ0n) is 15.0. The highest BCUT2D eigenvalue weighted by atomic mass is 127. The average molecular weight is 436 g/mol. The molecule has 1 unspecified atom stereocenters. The van der Waals surface area contributed by atoms with Crippen molar-refractivity contribution in [2.75, 3.05) is 27.2 Å². The molecular formula is C17H30FIN4. The number of rotatable bonds is 5. The minimum atomic E-state index is -0.215. The van der Waals surface area contributed by atoms with E-state index in [2.05, 4.69) is 41.3 Å². The van der Waals surface area contributed by atoms with Gasteiger partial charge >= 0.3 is 0 Å². The molecule has 0 saturated carbocycles. The van der Waals surface area contributed by atoms with Crippen LogP contribution in [0.15, 0.2) is 29.3 Å². The number of hydrogen-bond donors (Lipinski definition) is 2. The van der Waals surface area contributed by atoms with E-state index in [-0.39, 0.29) is 41.4 Å². The maximum atomic E-state index is 13.5. The Kier molecular flexibility index (Phi) is 9.68. The Morgan fingerprint density at radius 3 is 2.43 bits per heavy atom. The van der Waals surface area contributed by atoms with E-state index >= 15 is 0 Å². The summed E-state index contributed by atoms with van der Waals surface area (Å²) in [5.74, 6) is 0.561. The second-order valence-corrected chi connectivity index (χ2v) is 6.63. The smallest absolute Gasteiger partial charge is 0.191 e. The van der Waals surface area contributed by atoms with E-state index in [9.17, 15) is 4.39 Å². The van der Waals surface area contributed by atoms with Gasteiger partial charge in [0.2, 0.25) is 0 Å². The van der Waals surface area contributed by atoms with Crippen molar-refractivity contribution in [3.8, 4) is 0 Å². The normalized spacial score (nSPS) is 13.5. The predicted molar refractivity (Wildman–Crippen MR) is 107 cm³/mol. The second kappa shape index (κ2) is 10.1. The number of nitrogens with zero attached hydrogens (tertiary/aromatic N) is 2.